The van der Waals surface area contributed by atoms with Crippen molar-refractivity contribution in [2.24, 2.45) is 17.6 Å². The van der Waals surface area contributed by atoms with E-state index in [1.807, 2.05) is 0 Å². The van der Waals surface area contributed by atoms with Crippen LogP contribution in [0.3, 0.4) is 0 Å². The molecule has 1 aliphatic carbocycles. The molecule has 1 saturated carbocycles. The highest BCUT2D eigenvalue weighted by Gasteiger charge is 2.29. The normalized spacial score (nSPS) is 19.6. The third-order valence-electron chi connectivity index (χ3n) is 4.43. The van der Waals surface area contributed by atoms with Gasteiger partial charge in [-0.15, -0.1) is 0 Å². The molecule has 0 amide bonds. The highest BCUT2D eigenvalue weighted by atomic mass is 15.1. The summed E-state index contributed by atoms with van der Waals surface area (Å²) in [6.07, 6.45) is 9.11. The van der Waals surface area contributed by atoms with Crippen molar-refractivity contribution < 1.29 is 0 Å². The molecular formula is C17H36N2. The summed E-state index contributed by atoms with van der Waals surface area (Å²) in [5, 5.41) is 0. The summed E-state index contributed by atoms with van der Waals surface area (Å²) in [5.74, 6) is 1.59. The molecule has 0 heterocycles. The summed E-state index contributed by atoms with van der Waals surface area (Å²) in [6.45, 7) is 12.8. The lowest BCUT2D eigenvalue weighted by atomic mass is 9.82. The summed E-state index contributed by atoms with van der Waals surface area (Å²) in [5.41, 5.74) is 6.73. The molecule has 0 aliphatic heterocycles. The molecule has 0 spiro atoms. The number of hydrogen-bond acceptors (Lipinski definition) is 2. The summed E-state index contributed by atoms with van der Waals surface area (Å²) < 4.78 is 0. The molecule has 19 heavy (non-hydrogen) atoms. The van der Waals surface area contributed by atoms with E-state index in [0.717, 1.165) is 18.4 Å². The number of nitrogens with two attached hydrogens (primary N) is 1. The lowest BCUT2D eigenvalue weighted by Gasteiger charge is -2.38. The van der Waals surface area contributed by atoms with Gasteiger partial charge in [-0.1, -0.05) is 47.0 Å². The van der Waals surface area contributed by atoms with Gasteiger partial charge < -0.3 is 10.6 Å². The third kappa shape index (κ3) is 7.31. The topological polar surface area (TPSA) is 29.3 Å². The first-order chi connectivity index (χ1) is 8.91. The summed E-state index contributed by atoms with van der Waals surface area (Å²) >= 11 is 0. The van der Waals surface area contributed by atoms with Crippen LogP contribution in [-0.4, -0.2) is 30.1 Å². The van der Waals surface area contributed by atoms with E-state index in [1.54, 1.807) is 0 Å². The smallest absolute Gasteiger partial charge is 0.0283 e. The Balaban J connectivity index is 2.46. The Bertz CT molecular complexity index is 217. The molecule has 1 fully saturated rings. The SMILES string of the molecule is CC(C)CCN(CCC(C)C)CC1(N)CCCCC1. The average molecular weight is 268 g/mol. The Morgan fingerprint density at radius 1 is 0.895 bits per heavy atom. The van der Waals surface area contributed by atoms with Crippen LogP contribution < -0.4 is 5.73 Å². The minimum atomic E-state index is 0.103. The van der Waals surface area contributed by atoms with Crippen LogP contribution in [0.5, 0.6) is 0 Å². The van der Waals surface area contributed by atoms with Gasteiger partial charge >= 0.3 is 0 Å². The Labute approximate surface area is 121 Å². The zero-order valence-corrected chi connectivity index (χ0v) is 13.8. The monoisotopic (exact) mass is 268 g/mol. The van der Waals surface area contributed by atoms with E-state index in [0.29, 0.717) is 0 Å². The van der Waals surface area contributed by atoms with E-state index in [4.69, 9.17) is 5.73 Å². The van der Waals surface area contributed by atoms with E-state index in [-0.39, 0.29) is 5.54 Å². The summed E-state index contributed by atoms with van der Waals surface area (Å²) in [7, 11) is 0. The minimum absolute atomic E-state index is 0.103. The van der Waals surface area contributed by atoms with Crippen LogP contribution >= 0.6 is 0 Å². The van der Waals surface area contributed by atoms with Crippen molar-refractivity contribution in [2.75, 3.05) is 19.6 Å². The standard InChI is InChI=1S/C17H36N2/c1-15(2)8-12-19(13-9-16(3)4)14-17(18)10-6-5-7-11-17/h15-16H,5-14,18H2,1-4H3. The van der Waals surface area contributed by atoms with Crippen LogP contribution in [0.15, 0.2) is 0 Å². The Morgan fingerprint density at radius 3 is 1.79 bits per heavy atom. The zero-order valence-electron chi connectivity index (χ0n) is 13.8. The van der Waals surface area contributed by atoms with Crippen LogP contribution in [0.1, 0.15) is 72.6 Å². The van der Waals surface area contributed by atoms with Crippen molar-refractivity contribution in [1.29, 1.82) is 0 Å². The molecule has 0 atom stereocenters. The molecule has 2 N–H and O–H groups in total. The third-order valence-corrected chi connectivity index (χ3v) is 4.43. The summed E-state index contributed by atoms with van der Waals surface area (Å²) in [6, 6.07) is 0. The van der Waals surface area contributed by atoms with Crippen LogP contribution in [0.2, 0.25) is 0 Å². The molecule has 2 heteroatoms. The second kappa shape index (κ2) is 8.26. The second-order valence-corrected chi connectivity index (χ2v) is 7.56. The van der Waals surface area contributed by atoms with Crippen molar-refractivity contribution in [3.8, 4) is 0 Å². The molecule has 0 radical (unpaired) electrons. The van der Waals surface area contributed by atoms with Crippen LogP contribution in [0.25, 0.3) is 0 Å². The van der Waals surface area contributed by atoms with Gasteiger partial charge in [0, 0.05) is 12.1 Å². The molecule has 114 valence electrons. The van der Waals surface area contributed by atoms with Crippen molar-refractivity contribution in [2.45, 2.75) is 78.2 Å². The van der Waals surface area contributed by atoms with Crippen molar-refractivity contribution in [1.82, 2.24) is 4.90 Å². The van der Waals surface area contributed by atoms with Crippen LogP contribution in [0, 0.1) is 11.8 Å². The first-order valence-corrected chi connectivity index (χ1v) is 8.42. The van der Waals surface area contributed by atoms with Crippen LogP contribution in [0.4, 0.5) is 0 Å². The van der Waals surface area contributed by atoms with E-state index < -0.39 is 0 Å². The predicted molar refractivity (Wildman–Crippen MR) is 85.4 cm³/mol. The van der Waals surface area contributed by atoms with Crippen molar-refractivity contribution in [3.05, 3.63) is 0 Å². The molecule has 0 saturated heterocycles. The fraction of sp³-hybridized carbons (Fsp3) is 1.00. The lowest BCUT2D eigenvalue weighted by Crippen LogP contribution is -2.52. The highest BCUT2D eigenvalue weighted by Crippen LogP contribution is 2.27. The van der Waals surface area contributed by atoms with E-state index in [2.05, 4.69) is 32.6 Å². The van der Waals surface area contributed by atoms with Gasteiger partial charge in [0.25, 0.3) is 0 Å². The molecule has 1 rings (SSSR count). The van der Waals surface area contributed by atoms with Gasteiger partial charge in [-0.25, -0.2) is 0 Å². The molecule has 1 aliphatic rings. The van der Waals surface area contributed by atoms with Gasteiger partial charge in [0.15, 0.2) is 0 Å². The maximum atomic E-state index is 6.63. The fourth-order valence-electron chi connectivity index (χ4n) is 3.01. The first kappa shape index (κ1) is 17.0. The molecular weight excluding hydrogens is 232 g/mol. The number of nitrogens with zero attached hydrogens (tertiary/aromatic N) is 1. The number of rotatable bonds is 8. The molecule has 0 aromatic rings. The van der Waals surface area contributed by atoms with Crippen molar-refractivity contribution >= 4 is 0 Å². The van der Waals surface area contributed by atoms with E-state index in [1.165, 1.54) is 58.0 Å². The fourth-order valence-corrected chi connectivity index (χ4v) is 3.01. The van der Waals surface area contributed by atoms with Crippen molar-refractivity contribution in [3.63, 3.8) is 0 Å². The zero-order chi connectivity index (χ0) is 14.3. The Hall–Kier alpha value is -0.0800. The van der Waals surface area contributed by atoms with Crippen LogP contribution in [-0.2, 0) is 0 Å². The quantitative estimate of drug-likeness (QED) is 0.720. The molecule has 0 aromatic carbocycles. The lowest BCUT2D eigenvalue weighted by molar-refractivity contribution is 0.160. The van der Waals surface area contributed by atoms with Gasteiger partial charge in [-0.2, -0.15) is 0 Å². The number of hydrogen-bond donors (Lipinski definition) is 1. The molecule has 0 unspecified atom stereocenters. The van der Waals surface area contributed by atoms with E-state index in [9.17, 15) is 0 Å². The maximum absolute atomic E-state index is 6.63. The van der Waals surface area contributed by atoms with Gasteiger partial charge in [-0.3, -0.25) is 0 Å². The van der Waals surface area contributed by atoms with Gasteiger partial charge in [0.2, 0.25) is 0 Å². The Kier molecular flexibility index (Phi) is 7.38. The molecule has 2 nitrogen and oxygen atoms in total. The summed E-state index contributed by atoms with van der Waals surface area (Å²) in [4.78, 5) is 2.64. The predicted octanol–water partition coefficient (Wildman–Crippen LogP) is 4.04. The molecule has 0 aromatic heterocycles. The first-order valence-electron chi connectivity index (χ1n) is 8.42. The molecule has 0 bridgehead atoms. The average Bonchev–Trinajstić information content (AvgIpc) is 2.33. The van der Waals surface area contributed by atoms with E-state index >= 15 is 0 Å². The van der Waals surface area contributed by atoms with Gasteiger partial charge in [0.05, 0.1) is 0 Å². The Morgan fingerprint density at radius 2 is 1.37 bits per heavy atom. The largest absolute Gasteiger partial charge is 0.324 e. The highest BCUT2D eigenvalue weighted by molar-refractivity contribution is 4.90. The van der Waals surface area contributed by atoms with Gasteiger partial charge in [0.1, 0.15) is 0 Å². The van der Waals surface area contributed by atoms with Gasteiger partial charge in [-0.05, 0) is 50.6 Å². The maximum Gasteiger partial charge on any atom is 0.0283 e. The minimum Gasteiger partial charge on any atom is -0.324 e. The second-order valence-electron chi connectivity index (χ2n) is 7.56.